The number of rotatable bonds is 57. The maximum Gasteiger partial charge on any atom is 0.472 e. The third-order valence-corrected chi connectivity index (χ3v) is 13.8. The number of phosphoric ester groups is 1. The van der Waals surface area contributed by atoms with Crippen molar-refractivity contribution >= 4 is 25.7 Å². The molecule has 0 aromatic rings. The summed E-state index contributed by atoms with van der Waals surface area (Å²) in [5.41, 5.74) is 0. The van der Waals surface area contributed by atoms with Crippen LogP contribution in [-0.2, 0) is 42.2 Å². The minimum Gasteiger partial charge on any atom is -0.462 e. The highest BCUT2D eigenvalue weighted by atomic mass is 31.2. The molecule has 456 valence electrons. The van der Waals surface area contributed by atoms with Gasteiger partial charge in [-0.05, 0) is 128 Å². The summed E-state index contributed by atoms with van der Waals surface area (Å²) in [5.74, 6) is -1.56. The second-order valence-corrected chi connectivity index (χ2v) is 21.9. The maximum atomic E-state index is 12.9. The van der Waals surface area contributed by atoms with E-state index in [1.807, 2.05) is 6.08 Å². The van der Waals surface area contributed by atoms with Gasteiger partial charge in [-0.25, -0.2) is 4.57 Å². The number of ether oxygens (including phenoxy) is 3. The number of aliphatic hydroxyl groups is 1. The van der Waals surface area contributed by atoms with Crippen molar-refractivity contribution in [3.05, 3.63) is 122 Å². The van der Waals surface area contributed by atoms with Crippen LogP contribution < -0.4 is 0 Å². The number of carbonyl (C=O) groups excluding carboxylic acids is 3. The molecule has 3 unspecified atom stereocenters. The SMILES string of the molecule is CC/C=C\C/C=C\C/C=C\C/C=C\C/C=C\CCCC(=O)OCC(COP(=O)(O)OCC(CO)OC(=O)CCCCCCCCC/C=C\C/C=C\CCCCC)OC(=O)CCCCCCCC/C=C\C/C=C\C/C=C\CCCCC. The van der Waals surface area contributed by atoms with Crippen LogP contribution in [0.25, 0.3) is 0 Å². The van der Waals surface area contributed by atoms with Crippen molar-refractivity contribution in [2.75, 3.05) is 26.4 Å². The highest BCUT2D eigenvalue weighted by molar-refractivity contribution is 7.47. The summed E-state index contributed by atoms with van der Waals surface area (Å²) in [4.78, 5) is 48.7. The van der Waals surface area contributed by atoms with E-state index >= 15 is 0 Å². The van der Waals surface area contributed by atoms with Crippen LogP contribution in [0.15, 0.2) is 122 Å². The highest BCUT2D eigenvalue weighted by Crippen LogP contribution is 2.43. The number of aliphatic hydroxyl groups excluding tert-OH is 1. The van der Waals surface area contributed by atoms with Crippen LogP contribution in [0.3, 0.4) is 0 Å². The Morgan fingerprint density at radius 1 is 0.362 bits per heavy atom. The normalized spacial score (nSPS) is 14.1. The van der Waals surface area contributed by atoms with Crippen molar-refractivity contribution in [2.45, 2.75) is 264 Å². The molecule has 0 spiro atoms. The Balaban J connectivity index is 4.82. The summed E-state index contributed by atoms with van der Waals surface area (Å²) >= 11 is 0. The minimum absolute atomic E-state index is 0.134. The topological polar surface area (TPSA) is 155 Å². The largest absolute Gasteiger partial charge is 0.472 e. The summed E-state index contributed by atoms with van der Waals surface area (Å²) in [6.45, 7) is 4.40. The van der Waals surface area contributed by atoms with Gasteiger partial charge in [0.25, 0.3) is 0 Å². The van der Waals surface area contributed by atoms with E-state index in [-0.39, 0.29) is 25.9 Å². The Kier molecular flexibility index (Phi) is 57.8. The molecule has 0 bridgehead atoms. The summed E-state index contributed by atoms with van der Waals surface area (Å²) in [5, 5.41) is 9.85. The van der Waals surface area contributed by atoms with E-state index in [9.17, 15) is 28.9 Å². The Hall–Kier alpha value is -4.12. The predicted molar refractivity (Wildman–Crippen MR) is 334 cm³/mol. The van der Waals surface area contributed by atoms with E-state index in [2.05, 4.69) is 136 Å². The zero-order valence-electron chi connectivity index (χ0n) is 50.5. The first kappa shape index (κ1) is 75.9. The molecule has 0 aromatic carbocycles. The lowest BCUT2D eigenvalue weighted by atomic mass is 10.1. The van der Waals surface area contributed by atoms with Gasteiger partial charge in [0.1, 0.15) is 12.7 Å². The van der Waals surface area contributed by atoms with E-state index in [0.29, 0.717) is 25.7 Å². The van der Waals surface area contributed by atoms with Gasteiger partial charge in [0.2, 0.25) is 0 Å². The Labute approximate surface area is 487 Å². The van der Waals surface area contributed by atoms with Gasteiger partial charge in [0.15, 0.2) is 6.10 Å². The molecule has 0 radical (unpaired) electrons. The molecule has 0 heterocycles. The summed E-state index contributed by atoms with van der Waals surface area (Å²) in [6, 6.07) is 0. The summed E-state index contributed by atoms with van der Waals surface area (Å²) in [7, 11) is -4.78. The predicted octanol–water partition coefficient (Wildman–Crippen LogP) is 19.1. The second-order valence-electron chi connectivity index (χ2n) is 20.5. The molecule has 3 atom stereocenters. The first-order valence-electron chi connectivity index (χ1n) is 31.4. The van der Waals surface area contributed by atoms with Crippen LogP contribution in [0.2, 0.25) is 0 Å². The van der Waals surface area contributed by atoms with Gasteiger partial charge < -0.3 is 24.2 Å². The molecule has 0 aliphatic carbocycles. The van der Waals surface area contributed by atoms with Crippen LogP contribution in [0.4, 0.5) is 0 Å². The van der Waals surface area contributed by atoms with Gasteiger partial charge in [-0.1, -0.05) is 226 Å². The molecule has 0 saturated heterocycles. The molecule has 0 rings (SSSR count). The molecule has 0 aliphatic heterocycles. The molecule has 0 fully saturated rings. The van der Waals surface area contributed by atoms with Gasteiger partial charge in [-0.15, -0.1) is 0 Å². The highest BCUT2D eigenvalue weighted by Gasteiger charge is 2.28. The fourth-order valence-electron chi connectivity index (χ4n) is 8.08. The van der Waals surface area contributed by atoms with Crippen LogP contribution in [0, 0.1) is 0 Å². The van der Waals surface area contributed by atoms with Crippen LogP contribution in [-0.4, -0.2) is 66.5 Å². The number of hydrogen-bond acceptors (Lipinski definition) is 10. The van der Waals surface area contributed by atoms with E-state index in [1.165, 1.54) is 64.2 Å². The minimum atomic E-state index is -4.78. The molecule has 0 aromatic heterocycles. The first-order valence-corrected chi connectivity index (χ1v) is 32.9. The average Bonchev–Trinajstić information content (AvgIpc) is 3.45. The lowest BCUT2D eigenvalue weighted by molar-refractivity contribution is -0.161. The van der Waals surface area contributed by atoms with Crippen molar-refractivity contribution in [3.63, 3.8) is 0 Å². The number of hydrogen-bond donors (Lipinski definition) is 2. The van der Waals surface area contributed by atoms with Crippen LogP contribution in [0.5, 0.6) is 0 Å². The number of phosphoric acid groups is 1. The molecule has 0 saturated carbocycles. The number of carbonyl (C=O) groups is 3. The third-order valence-electron chi connectivity index (χ3n) is 12.8. The lowest BCUT2D eigenvalue weighted by Gasteiger charge is -2.21. The molecule has 12 heteroatoms. The van der Waals surface area contributed by atoms with Gasteiger partial charge in [-0.3, -0.25) is 23.4 Å². The zero-order valence-corrected chi connectivity index (χ0v) is 51.4. The van der Waals surface area contributed by atoms with Crippen molar-refractivity contribution < 1.29 is 52.2 Å². The first-order chi connectivity index (χ1) is 39.2. The van der Waals surface area contributed by atoms with E-state index in [4.69, 9.17) is 23.3 Å². The average molecular weight is 1140 g/mol. The standard InChI is InChI=1S/C68H113O11P/c1-4-7-10-13-16-19-22-25-28-31-32-35-38-41-44-47-50-53-56-59-68(72)79-65(61-75-66(70)57-54-51-48-45-42-39-36-33-29-26-23-20-17-14-11-8-5-2)63-77-80(73,74)76-62-64(60-69)78-67(71)58-55-52-49-46-43-40-37-34-30-27-24-21-18-15-12-9-6-3/h8,11,16-21,25-30,32,35-36,39,45,48,64-65,69H,4-7,9-10,12-15,22-24,31,33-34,37-38,40-44,46-47,49-63H2,1-3H3,(H,73,74)/b11-8-,19-16-,20-17-,21-18-,28-25-,29-26-,30-27-,35-32-,39-36-,48-45-. The quantitative estimate of drug-likeness (QED) is 0.0197. The van der Waals surface area contributed by atoms with E-state index in [0.717, 1.165) is 122 Å². The van der Waals surface area contributed by atoms with Crippen LogP contribution in [0.1, 0.15) is 252 Å². The molecule has 0 aliphatic rings. The summed E-state index contributed by atoms with van der Waals surface area (Å²) in [6.07, 6.45) is 75.8. The number of esters is 3. The lowest BCUT2D eigenvalue weighted by Crippen LogP contribution is -2.30. The van der Waals surface area contributed by atoms with Crippen molar-refractivity contribution in [1.29, 1.82) is 0 Å². The van der Waals surface area contributed by atoms with Crippen molar-refractivity contribution in [3.8, 4) is 0 Å². The smallest absolute Gasteiger partial charge is 0.462 e. The summed E-state index contributed by atoms with van der Waals surface area (Å²) < 4.78 is 39.6. The van der Waals surface area contributed by atoms with E-state index < -0.39 is 57.8 Å². The molecule has 2 N–H and O–H groups in total. The fraction of sp³-hybridized carbons (Fsp3) is 0.662. The monoisotopic (exact) mass is 1140 g/mol. The Morgan fingerprint density at radius 2 is 0.662 bits per heavy atom. The van der Waals surface area contributed by atoms with Crippen LogP contribution >= 0.6 is 7.82 Å². The van der Waals surface area contributed by atoms with Gasteiger partial charge in [0, 0.05) is 19.3 Å². The van der Waals surface area contributed by atoms with Gasteiger partial charge >= 0.3 is 25.7 Å². The Bertz CT molecular complexity index is 1800. The third kappa shape index (κ3) is 58.5. The number of unbranched alkanes of at least 4 members (excludes halogenated alkanes) is 20. The maximum absolute atomic E-state index is 12.9. The molecule has 11 nitrogen and oxygen atoms in total. The van der Waals surface area contributed by atoms with Crippen molar-refractivity contribution in [2.24, 2.45) is 0 Å². The van der Waals surface area contributed by atoms with E-state index in [1.54, 1.807) is 0 Å². The molecule has 0 amide bonds. The van der Waals surface area contributed by atoms with Gasteiger partial charge in [-0.2, -0.15) is 0 Å². The fourth-order valence-corrected chi connectivity index (χ4v) is 8.86. The zero-order chi connectivity index (χ0) is 58.3. The van der Waals surface area contributed by atoms with Gasteiger partial charge in [0.05, 0.1) is 19.8 Å². The number of allylic oxidation sites excluding steroid dienone is 20. The molecule has 80 heavy (non-hydrogen) atoms. The second kappa shape index (κ2) is 61.0. The van der Waals surface area contributed by atoms with Crippen molar-refractivity contribution in [1.82, 2.24) is 0 Å². The Morgan fingerprint density at radius 3 is 1.04 bits per heavy atom. The molecular weight excluding hydrogens is 1020 g/mol. The molecular formula is C68H113O11P.